The molecule has 4 heteroatoms. The molecule has 1 rings (SSSR count). The van der Waals surface area contributed by atoms with E-state index in [9.17, 15) is 9.90 Å². The zero-order valence-electron chi connectivity index (χ0n) is 11.9. The molecule has 0 bridgehead atoms. The van der Waals surface area contributed by atoms with Crippen LogP contribution in [-0.4, -0.2) is 59.1 Å². The second-order valence-corrected chi connectivity index (χ2v) is 6.87. The van der Waals surface area contributed by atoms with Crippen molar-refractivity contribution in [3.63, 3.8) is 0 Å². The summed E-state index contributed by atoms with van der Waals surface area (Å²) in [5.41, 5.74) is -0.158. The Balaban J connectivity index is 3.09. The Kier molecular flexibility index (Phi) is 3.89. The smallest absolute Gasteiger partial charge is 0.242 e. The zero-order valence-corrected chi connectivity index (χ0v) is 11.9. The number of amides is 1. The third-order valence-corrected chi connectivity index (χ3v) is 3.33. The van der Waals surface area contributed by atoms with E-state index in [1.807, 2.05) is 37.6 Å². The molecule has 100 valence electrons. The number of hydrogen-bond acceptors (Lipinski definition) is 3. The predicted octanol–water partition coefficient (Wildman–Crippen LogP) is 0.946. The van der Waals surface area contributed by atoms with Crippen LogP contribution in [0.2, 0.25) is 0 Å². The second-order valence-electron chi connectivity index (χ2n) is 6.87. The van der Waals surface area contributed by atoms with Gasteiger partial charge < -0.3 is 10.0 Å². The summed E-state index contributed by atoms with van der Waals surface area (Å²) in [6, 6.07) is -0.406. The first-order valence-corrected chi connectivity index (χ1v) is 6.21. The molecule has 1 atom stereocenters. The van der Waals surface area contributed by atoms with Crippen LogP contribution in [0, 0.1) is 5.41 Å². The van der Waals surface area contributed by atoms with Gasteiger partial charge in [0, 0.05) is 18.6 Å². The Labute approximate surface area is 105 Å². The van der Waals surface area contributed by atoms with Crippen LogP contribution in [0.4, 0.5) is 0 Å². The van der Waals surface area contributed by atoms with Crippen molar-refractivity contribution >= 4 is 5.91 Å². The maximum Gasteiger partial charge on any atom is 0.242 e. The van der Waals surface area contributed by atoms with E-state index in [1.54, 1.807) is 0 Å². The molecule has 0 saturated carbocycles. The third kappa shape index (κ3) is 3.19. The average molecular weight is 242 g/mol. The summed E-state index contributed by atoms with van der Waals surface area (Å²) in [4.78, 5) is 16.3. The van der Waals surface area contributed by atoms with Crippen molar-refractivity contribution in [2.24, 2.45) is 5.41 Å². The van der Waals surface area contributed by atoms with Gasteiger partial charge in [0.1, 0.15) is 6.04 Å². The van der Waals surface area contributed by atoms with Crippen molar-refractivity contribution < 1.29 is 9.90 Å². The normalized spacial score (nSPS) is 27.1. The van der Waals surface area contributed by atoms with E-state index in [-0.39, 0.29) is 23.5 Å². The first kappa shape index (κ1) is 14.5. The lowest BCUT2D eigenvalue weighted by Crippen LogP contribution is -2.53. The van der Waals surface area contributed by atoms with Crippen molar-refractivity contribution in [1.29, 1.82) is 0 Å². The molecule has 1 saturated heterocycles. The Morgan fingerprint density at radius 2 is 1.88 bits per heavy atom. The van der Waals surface area contributed by atoms with Crippen LogP contribution in [0.1, 0.15) is 34.6 Å². The Morgan fingerprint density at radius 1 is 1.35 bits per heavy atom. The molecule has 0 aromatic carbocycles. The molecule has 17 heavy (non-hydrogen) atoms. The van der Waals surface area contributed by atoms with Gasteiger partial charge in [-0.25, -0.2) is 0 Å². The van der Waals surface area contributed by atoms with Crippen LogP contribution in [0.15, 0.2) is 0 Å². The van der Waals surface area contributed by atoms with E-state index in [0.717, 1.165) is 13.1 Å². The maximum absolute atomic E-state index is 12.4. The Morgan fingerprint density at radius 3 is 2.29 bits per heavy atom. The van der Waals surface area contributed by atoms with Gasteiger partial charge in [-0.3, -0.25) is 9.69 Å². The van der Waals surface area contributed by atoms with Crippen molar-refractivity contribution in [3.05, 3.63) is 0 Å². The largest absolute Gasteiger partial charge is 0.394 e. The highest BCUT2D eigenvalue weighted by Crippen LogP contribution is 2.28. The Hall–Kier alpha value is -0.610. The summed E-state index contributed by atoms with van der Waals surface area (Å²) in [6.07, 6.45) is 0. The number of hydrogen-bond donors (Lipinski definition) is 1. The number of likely N-dealkylation sites (N-methyl/N-ethyl adjacent to an activating group) is 1. The lowest BCUT2D eigenvalue weighted by atomic mass is 9.91. The summed E-state index contributed by atoms with van der Waals surface area (Å²) in [5.74, 6) is 0.0353. The van der Waals surface area contributed by atoms with Gasteiger partial charge in [-0.15, -0.1) is 0 Å². The summed E-state index contributed by atoms with van der Waals surface area (Å²) >= 11 is 0. The maximum atomic E-state index is 12.4. The topological polar surface area (TPSA) is 43.8 Å². The third-order valence-electron chi connectivity index (χ3n) is 3.33. The van der Waals surface area contributed by atoms with E-state index in [4.69, 9.17) is 0 Å². The fourth-order valence-electron chi connectivity index (χ4n) is 2.49. The molecule has 1 amide bonds. The highest BCUT2D eigenvalue weighted by Gasteiger charge is 2.41. The second kappa shape index (κ2) is 4.58. The van der Waals surface area contributed by atoms with Gasteiger partial charge in [0.15, 0.2) is 0 Å². The standard InChI is InChI=1S/C13H26N2O2/c1-12(2,3)15-9-13(4,5)8-14(6)10(7-16)11(15)17/h10,16H,7-9H2,1-6H3. The predicted molar refractivity (Wildman–Crippen MR) is 68.8 cm³/mol. The number of nitrogens with zero attached hydrogens (tertiary/aromatic N) is 2. The van der Waals surface area contributed by atoms with Crippen molar-refractivity contribution in [2.45, 2.75) is 46.2 Å². The van der Waals surface area contributed by atoms with E-state index in [2.05, 4.69) is 13.8 Å². The quantitative estimate of drug-likeness (QED) is 0.744. The molecule has 4 nitrogen and oxygen atoms in total. The fourth-order valence-corrected chi connectivity index (χ4v) is 2.49. The molecule has 0 radical (unpaired) electrons. The summed E-state index contributed by atoms with van der Waals surface area (Å²) in [5, 5.41) is 9.42. The molecule has 1 unspecified atom stereocenters. The van der Waals surface area contributed by atoms with E-state index in [1.165, 1.54) is 0 Å². The van der Waals surface area contributed by atoms with E-state index < -0.39 is 6.04 Å². The summed E-state index contributed by atoms with van der Waals surface area (Å²) < 4.78 is 0. The number of carbonyl (C=O) groups is 1. The highest BCUT2D eigenvalue weighted by atomic mass is 16.3. The van der Waals surface area contributed by atoms with Crippen LogP contribution >= 0.6 is 0 Å². The Bertz CT molecular complexity index is 294. The molecular weight excluding hydrogens is 216 g/mol. The number of aliphatic hydroxyl groups excluding tert-OH is 1. The monoisotopic (exact) mass is 242 g/mol. The first-order valence-electron chi connectivity index (χ1n) is 6.21. The van der Waals surface area contributed by atoms with Crippen LogP contribution in [0.3, 0.4) is 0 Å². The lowest BCUT2D eigenvalue weighted by Gasteiger charge is -2.39. The summed E-state index contributed by atoms with van der Waals surface area (Å²) in [6.45, 7) is 11.9. The molecule has 0 spiro atoms. The van der Waals surface area contributed by atoms with Crippen LogP contribution < -0.4 is 0 Å². The molecule has 1 heterocycles. The first-order chi connectivity index (χ1) is 7.58. The van der Waals surface area contributed by atoms with E-state index in [0.29, 0.717) is 0 Å². The van der Waals surface area contributed by atoms with Gasteiger partial charge in [0.2, 0.25) is 5.91 Å². The lowest BCUT2D eigenvalue weighted by molar-refractivity contribution is -0.141. The SMILES string of the molecule is CN1CC(C)(C)CN(C(C)(C)C)C(=O)C1CO. The fraction of sp³-hybridized carbons (Fsp3) is 0.923. The molecule has 0 aromatic rings. The van der Waals surface area contributed by atoms with Crippen molar-refractivity contribution in [2.75, 3.05) is 26.7 Å². The molecule has 0 aromatic heterocycles. The molecule has 1 N–H and O–H groups in total. The van der Waals surface area contributed by atoms with Gasteiger partial charge >= 0.3 is 0 Å². The van der Waals surface area contributed by atoms with E-state index >= 15 is 0 Å². The van der Waals surface area contributed by atoms with Gasteiger partial charge in [-0.2, -0.15) is 0 Å². The molecular formula is C13H26N2O2. The van der Waals surface area contributed by atoms with Gasteiger partial charge in [0.05, 0.1) is 6.61 Å². The minimum atomic E-state index is -0.406. The molecule has 1 aliphatic heterocycles. The van der Waals surface area contributed by atoms with Crippen LogP contribution in [0.25, 0.3) is 0 Å². The van der Waals surface area contributed by atoms with Crippen molar-refractivity contribution in [3.8, 4) is 0 Å². The molecule has 1 fully saturated rings. The minimum absolute atomic E-state index is 0.0353. The van der Waals surface area contributed by atoms with Crippen LogP contribution in [-0.2, 0) is 4.79 Å². The van der Waals surface area contributed by atoms with Crippen LogP contribution in [0.5, 0.6) is 0 Å². The summed E-state index contributed by atoms with van der Waals surface area (Å²) in [7, 11) is 1.91. The zero-order chi connectivity index (χ0) is 13.4. The number of aliphatic hydroxyl groups is 1. The minimum Gasteiger partial charge on any atom is -0.394 e. The van der Waals surface area contributed by atoms with Gasteiger partial charge in [0.25, 0.3) is 0 Å². The average Bonchev–Trinajstić information content (AvgIpc) is 2.20. The van der Waals surface area contributed by atoms with Crippen molar-refractivity contribution in [1.82, 2.24) is 9.80 Å². The highest BCUT2D eigenvalue weighted by molar-refractivity contribution is 5.83. The number of carbonyl (C=O) groups excluding carboxylic acids is 1. The molecule has 1 aliphatic rings. The van der Waals surface area contributed by atoms with Gasteiger partial charge in [-0.1, -0.05) is 13.8 Å². The molecule has 0 aliphatic carbocycles. The number of rotatable bonds is 1. The van der Waals surface area contributed by atoms with Gasteiger partial charge in [-0.05, 0) is 33.2 Å².